The minimum absolute atomic E-state index is 0.00821. The summed E-state index contributed by atoms with van der Waals surface area (Å²) in [5.74, 6) is 2.02. The van der Waals surface area contributed by atoms with Crippen molar-refractivity contribution in [3.63, 3.8) is 0 Å². The number of nitrogens with one attached hydrogen (secondary N) is 1. The molecule has 1 aromatic heterocycles. The average Bonchev–Trinajstić information content (AvgIpc) is 2.91. The number of carbonyl (C=O) groups is 1. The van der Waals surface area contributed by atoms with Crippen LogP contribution in [-0.4, -0.2) is 40.0 Å². The number of anilines is 2. The Kier molecular flexibility index (Phi) is 6.27. The molecule has 0 spiro atoms. The van der Waals surface area contributed by atoms with Crippen molar-refractivity contribution in [1.82, 2.24) is 14.9 Å². The molecule has 1 N–H and O–H groups in total. The van der Waals surface area contributed by atoms with E-state index < -0.39 is 0 Å². The van der Waals surface area contributed by atoms with E-state index in [2.05, 4.69) is 15.3 Å². The third-order valence-corrected chi connectivity index (χ3v) is 4.45. The van der Waals surface area contributed by atoms with Crippen LogP contribution in [0.15, 0.2) is 30.3 Å². The summed E-state index contributed by atoms with van der Waals surface area (Å²) in [6.45, 7) is 7.42. The van der Waals surface area contributed by atoms with Gasteiger partial charge in [0, 0.05) is 24.8 Å². The molecule has 6 nitrogen and oxygen atoms in total. The van der Waals surface area contributed by atoms with Crippen molar-refractivity contribution in [3.05, 3.63) is 41.9 Å². The van der Waals surface area contributed by atoms with Gasteiger partial charge in [-0.2, -0.15) is 0 Å². The number of benzene rings is 1. The van der Waals surface area contributed by atoms with E-state index in [0.717, 1.165) is 37.4 Å². The second kappa shape index (κ2) is 8.84. The fraction of sp³-hybridized carbons (Fsp3) is 0.476. The highest BCUT2D eigenvalue weighted by atomic mass is 16.5. The minimum Gasteiger partial charge on any atom is -0.491 e. The van der Waals surface area contributed by atoms with Gasteiger partial charge in [-0.05, 0) is 57.9 Å². The van der Waals surface area contributed by atoms with Crippen LogP contribution in [0.5, 0.6) is 5.75 Å². The van der Waals surface area contributed by atoms with E-state index in [0.29, 0.717) is 17.3 Å². The predicted molar refractivity (Wildman–Crippen MR) is 107 cm³/mol. The Morgan fingerprint density at radius 1 is 1.07 bits per heavy atom. The lowest BCUT2D eigenvalue weighted by atomic mass is 10.2. The van der Waals surface area contributed by atoms with Crippen molar-refractivity contribution in [3.8, 4) is 5.75 Å². The van der Waals surface area contributed by atoms with Gasteiger partial charge in [0.15, 0.2) is 0 Å². The Morgan fingerprint density at radius 2 is 1.74 bits per heavy atom. The monoisotopic (exact) mass is 368 g/mol. The van der Waals surface area contributed by atoms with Gasteiger partial charge in [0.1, 0.15) is 23.1 Å². The number of aromatic nitrogens is 2. The van der Waals surface area contributed by atoms with Gasteiger partial charge in [-0.25, -0.2) is 9.97 Å². The molecule has 3 rings (SSSR count). The summed E-state index contributed by atoms with van der Waals surface area (Å²) < 4.78 is 5.66. The van der Waals surface area contributed by atoms with Crippen LogP contribution < -0.4 is 10.1 Å². The van der Waals surface area contributed by atoms with E-state index >= 15 is 0 Å². The summed E-state index contributed by atoms with van der Waals surface area (Å²) in [5, 5.41) is 3.26. The van der Waals surface area contributed by atoms with Crippen LogP contribution in [0.1, 0.15) is 55.8 Å². The van der Waals surface area contributed by atoms with Gasteiger partial charge in [0.25, 0.3) is 5.91 Å². The van der Waals surface area contributed by atoms with Crippen LogP contribution in [0.4, 0.5) is 11.5 Å². The Hall–Kier alpha value is -2.63. The highest BCUT2D eigenvalue weighted by molar-refractivity contribution is 5.93. The molecule has 1 saturated heterocycles. The van der Waals surface area contributed by atoms with Crippen LogP contribution in [0.25, 0.3) is 0 Å². The number of rotatable bonds is 5. The summed E-state index contributed by atoms with van der Waals surface area (Å²) in [5.41, 5.74) is 1.34. The summed E-state index contributed by atoms with van der Waals surface area (Å²) in [4.78, 5) is 23.5. The zero-order valence-electron chi connectivity index (χ0n) is 16.4. The third-order valence-electron chi connectivity index (χ3n) is 4.45. The molecule has 1 fully saturated rings. The van der Waals surface area contributed by atoms with Crippen LogP contribution >= 0.6 is 0 Å². The van der Waals surface area contributed by atoms with Crippen LogP contribution in [0.3, 0.4) is 0 Å². The van der Waals surface area contributed by atoms with Crippen molar-refractivity contribution < 1.29 is 9.53 Å². The summed E-state index contributed by atoms with van der Waals surface area (Å²) in [6, 6.07) is 9.44. The highest BCUT2D eigenvalue weighted by Crippen LogP contribution is 2.21. The molecular formula is C21H28N4O2. The molecule has 27 heavy (non-hydrogen) atoms. The molecule has 6 heteroatoms. The molecular weight excluding hydrogens is 340 g/mol. The third kappa shape index (κ3) is 5.42. The van der Waals surface area contributed by atoms with E-state index in [4.69, 9.17) is 4.74 Å². The maximum Gasteiger partial charge on any atom is 0.272 e. The van der Waals surface area contributed by atoms with Crippen LogP contribution in [0, 0.1) is 6.92 Å². The number of amides is 1. The largest absolute Gasteiger partial charge is 0.491 e. The Bertz CT molecular complexity index is 766. The lowest BCUT2D eigenvalue weighted by molar-refractivity contribution is 0.0755. The van der Waals surface area contributed by atoms with Gasteiger partial charge in [-0.15, -0.1) is 0 Å². The molecule has 2 heterocycles. The number of nitrogens with zero attached hydrogens (tertiary/aromatic N) is 3. The first-order valence-electron chi connectivity index (χ1n) is 9.70. The van der Waals surface area contributed by atoms with E-state index in [1.807, 2.05) is 49.9 Å². The van der Waals surface area contributed by atoms with Gasteiger partial charge < -0.3 is 15.0 Å². The number of hydrogen-bond acceptors (Lipinski definition) is 5. The van der Waals surface area contributed by atoms with E-state index in [1.165, 1.54) is 12.8 Å². The first-order chi connectivity index (χ1) is 13.0. The van der Waals surface area contributed by atoms with Crippen LogP contribution in [-0.2, 0) is 0 Å². The normalized spacial score (nSPS) is 14.7. The Morgan fingerprint density at radius 3 is 2.37 bits per heavy atom. The molecule has 0 aliphatic carbocycles. The van der Waals surface area contributed by atoms with Gasteiger partial charge >= 0.3 is 0 Å². The number of ether oxygens (including phenoxy) is 1. The molecule has 1 aliphatic heterocycles. The lowest BCUT2D eigenvalue weighted by Crippen LogP contribution is -2.32. The molecule has 2 aromatic rings. The predicted octanol–water partition coefficient (Wildman–Crippen LogP) is 4.33. The molecule has 0 bridgehead atoms. The molecule has 0 unspecified atom stereocenters. The second-order valence-corrected chi connectivity index (χ2v) is 7.21. The fourth-order valence-corrected chi connectivity index (χ4v) is 3.21. The zero-order valence-corrected chi connectivity index (χ0v) is 16.4. The van der Waals surface area contributed by atoms with Gasteiger partial charge in [0.05, 0.1) is 6.10 Å². The lowest BCUT2D eigenvalue weighted by Gasteiger charge is -2.20. The van der Waals surface area contributed by atoms with Crippen molar-refractivity contribution >= 4 is 17.4 Å². The quantitative estimate of drug-likeness (QED) is 0.851. The SMILES string of the molecule is Cc1nc(Nc2ccc(OC(C)C)cc2)cc(C(=O)N2CCCCCC2)n1. The molecule has 0 radical (unpaired) electrons. The van der Waals surface area contributed by atoms with Crippen LogP contribution in [0.2, 0.25) is 0 Å². The van der Waals surface area contributed by atoms with Crippen molar-refractivity contribution in [2.45, 2.75) is 52.6 Å². The number of hydrogen-bond donors (Lipinski definition) is 1. The molecule has 0 atom stereocenters. The van der Waals surface area contributed by atoms with Gasteiger partial charge in [0.2, 0.25) is 0 Å². The fourth-order valence-electron chi connectivity index (χ4n) is 3.21. The molecule has 1 amide bonds. The Labute approximate surface area is 161 Å². The standard InChI is InChI=1S/C21H28N4O2/c1-15(2)27-18-10-8-17(9-11-18)24-20-14-19(22-16(3)23-20)21(26)25-12-6-4-5-7-13-25/h8-11,14-15H,4-7,12-13H2,1-3H3,(H,22,23,24). The molecule has 1 aliphatic rings. The average molecular weight is 368 g/mol. The molecule has 144 valence electrons. The number of likely N-dealkylation sites (tertiary alicyclic amines) is 1. The van der Waals surface area contributed by atoms with Crippen molar-refractivity contribution in [1.29, 1.82) is 0 Å². The highest BCUT2D eigenvalue weighted by Gasteiger charge is 2.19. The maximum absolute atomic E-state index is 12.8. The second-order valence-electron chi connectivity index (χ2n) is 7.21. The van der Waals surface area contributed by atoms with E-state index in [-0.39, 0.29) is 12.0 Å². The number of carbonyl (C=O) groups excluding carboxylic acids is 1. The minimum atomic E-state index is -0.00821. The smallest absolute Gasteiger partial charge is 0.272 e. The summed E-state index contributed by atoms with van der Waals surface area (Å²) in [6.07, 6.45) is 4.64. The molecule has 1 aromatic carbocycles. The Balaban J connectivity index is 1.73. The van der Waals surface area contributed by atoms with Gasteiger partial charge in [-0.1, -0.05) is 12.8 Å². The topological polar surface area (TPSA) is 67.4 Å². The van der Waals surface area contributed by atoms with E-state index in [1.54, 1.807) is 6.07 Å². The van der Waals surface area contributed by atoms with Crippen molar-refractivity contribution in [2.24, 2.45) is 0 Å². The number of aryl methyl sites for hydroxylation is 1. The first-order valence-corrected chi connectivity index (χ1v) is 9.70. The van der Waals surface area contributed by atoms with E-state index in [9.17, 15) is 4.79 Å². The van der Waals surface area contributed by atoms with Crippen molar-refractivity contribution in [2.75, 3.05) is 18.4 Å². The first kappa shape index (κ1) is 19.1. The van der Waals surface area contributed by atoms with Gasteiger partial charge in [-0.3, -0.25) is 4.79 Å². The summed E-state index contributed by atoms with van der Waals surface area (Å²) in [7, 11) is 0. The maximum atomic E-state index is 12.8. The summed E-state index contributed by atoms with van der Waals surface area (Å²) >= 11 is 0. The molecule has 0 saturated carbocycles. The zero-order chi connectivity index (χ0) is 19.2.